The fraction of sp³-hybridized carbons (Fsp3) is 0.364. The molecule has 1 aromatic carbocycles. The summed E-state index contributed by atoms with van der Waals surface area (Å²) in [6.45, 7) is 3.48. The predicted octanol–water partition coefficient (Wildman–Crippen LogP) is 2.51. The van der Waals surface area contributed by atoms with E-state index >= 15 is 0 Å². The van der Waals surface area contributed by atoms with Crippen LogP contribution in [0.2, 0.25) is 0 Å². The maximum absolute atomic E-state index is 12.4. The molecule has 9 nitrogen and oxygen atoms in total. The van der Waals surface area contributed by atoms with E-state index in [0.29, 0.717) is 17.2 Å². The summed E-state index contributed by atoms with van der Waals surface area (Å²) in [5.41, 5.74) is -2.76. The van der Waals surface area contributed by atoms with Gasteiger partial charge in [0.25, 0.3) is 0 Å². The zero-order valence-electron chi connectivity index (χ0n) is 17.7. The highest BCUT2D eigenvalue weighted by Gasteiger charge is 2.58. The molecular formula is C22H23NO8S. The van der Waals surface area contributed by atoms with Crippen molar-refractivity contribution in [3.63, 3.8) is 0 Å². The highest BCUT2D eigenvalue weighted by Crippen LogP contribution is 2.39. The average Bonchev–Trinajstić information content (AvgIpc) is 2.73. The van der Waals surface area contributed by atoms with Crippen LogP contribution >= 0.6 is 11.8 Å². The second kappa shape index (κ2) is 10.0. The Kier molecular flexibility index (Phi) is 7.37. The van der Waals surface area contributed by atoms with Gasteiger partial charge in [0.2, 0.25) is 5.60 Å². The van der Waals surface area contributed by atoms with Gasteiger partial charge in [-0.2, -0.15) is 0 Å². The van der Waals surface area contributed by atoms with E-state index in [1.54, 1.807) is 18.2 Å². The van der Waals surface area contributed by atoms with E-state index in [4.69, 9.17) is 18.9 Å². The minimum absolute atomic E-state index is 0.0742. The molecule has 1 saturated heterocycles. The third kappa shape index (κ3) is 5.38. The number of benzene rings is 1. The van der Waals surface area contributed by atoms with E-state index in [9.17, 15) is 19.5 Å². The van der Waals surface area contributed by atoms with Crippen molar-refractivity contribution in [3.05, 3.63) is 48.8 Å². The summed E-state index contributed by atoms with van der Waals surface area (Å²) in [6.07, 6.45) is 0.0298. The Balaban J connectivity index is 1.81. The molecule has 0 radical (unpaired) electrons. The van der Waals surface area contributed by atoms with E-state index in [2.05, 4.69) is 4.98 Å². The van der Waals surface area contributed by atoms with E-state index in [1.807, 2.05) is 18.2 Å². The molecule has 1 aliphatic rings. The van der Waals surface area contributed by atoms with Crippen molar-refractivity contribution in [2.24, 2.45) is 0 Å². The van der Waals surface area contributed by atoms with Crippen LogP contribution in [-0.2, 0) is 23.9 Å². The molecule has 2 heterocycles. The summed E-state index contributed by atoms with van der Waals surface area (Å²) in [5.74, 6) is -0.783. The Morgan fingerprint density at radius 3 is 2.34 bits per heavy atom. The predicted molar refractivity (Wildman–Crippen MR) is 114 cm³/mol. The summed E-state index contributed by atoms with van der Waals surface area (Å²) >= 11 is 1.05. The number of thioether (sulfide) groups is 1. The van der Waals surface area contributed by atoms with Crippen LogP contribution in [0.5, 0.6) is 17.2 Å². The molecule has 1 aliphatic heterocycles. The number of carbonyl (C=O) groups is 3. The van der Waals surface area contributed by atoms with Gasteiger partial charge in [0.05, 0.1) is 12.4 Å². The molecule has 0 aliphatic carbocycles. The van der Waals surface area contributed by atoms with Crippen LogP contribution in [0.3, 0.4) is 0 Å². The van der Waals surface area contributed by atoms with Crippen molar-refractivity contribution >= 4 is 29.5 Å². The molecule has 3 rings (SSSR count). The topological polar surface area (TPSA) is 121 Å². The second-order valence-electron chi connectivity index (χ2n) is 7.13. The first kappa shape index (κ1) is 23.6. The molecule has 1 aromatic heterocycles. The van der Waals surface area contributed by atoms with Crippen molar-refractivity contribution in [1.29, 1.82) is 0 Å². The van der Waals surface area contributed by atoms with E-state index < -0.39 is 41.0 Å². The van der Waals surface area contributed by atoms with Crippen LogP contribution < -0.4 is 9.47 Å². The van der Waals surface area contributed by atoms with Crippen LogP contribution in [0, 0.1) is 0 Å². The van der Waals surface area contributed by atoms with E-state index in [1.165, 1.54) is 19.3 Å². The van der Waals surface area contributed by atoms with Gasteiger partial charge < -0.3 is 24.1 Å². The van der Waals surface area contributed by atoms with E-state index in [-0.39, 0.29) is 5.75 Å². The zero-order chi connectivity index (χ0) is 23.3. The van der Waals surface area contributed by atoms with Gasteiger partial charge in [-0.3, -0.25) is 19.4 Å². The van der Waals surface area contributed by atoms with Gasteiger partial charge in [-0.25, -0.2) is 0 Å². The van der Waals surface area contributed by atoms with Crippen LogP contribution in [0.25, 0.3) is 0 Å². The number of aliphatic hydroxyl groups excluding tert-OH is 1. The molecule has 0 bridgehead atoms. The Morgan fingerprint density at radius 2 is 1.72 bits per heavy atom. The molecule has 10 heteroatoms. The number of para-hydroxylation sites is 1. The lowest BCUT2D eigenvalue weighted by atomic mass is 9.89. The second-order valence-corrected chi connectivity index (χ2v) is 8.22. The number of ketones is 1. The number of hydrogen-bond acceptors (Lipinski definition) is 10. The Bertz CT molecular complexity index is 985. The number of nitrogens with zero attached hydrogens (tertiary/aromatic N) is 1. The van der Waals surface area contributed by atoms with Crippen molar-refractivity contribution in [3.8, 4) is 17.2 Å². The largest absolute Gasteiger partial charge is 0.475 e. The number of carbonyl (C=O) groups excluding carboxylic acids is 3. The number of rotatable bonds is 7. The lowest BCUT2D eigenvalue weighted by Gasteiger charge is -2.44. The first-order chi connectivity index (χ1) is 15.2. The Hall–Kier alpha value is -3.11. The van der Waals surface area contributed by atoms with Crippen LogP contribution in [-0.4, -0.2) is 56.8 Å². The Morgan fingerprint density at radius 1 is 1.03 bits per heavy atom. The van der Waals surface area contributed by atoms with Gasteiger partial charge in [-0.1, -0.05) is 18.2 Å². The maximum atomic E-state index is 12.4. The molecule has 2 aromatic rings. The Labute approximate surface area is 189 Å². The first-order valence-corrected chi connectivity index (χ1v) is 10.8. The molecule has 1 N–H and O–H groups in total. The number of esters is 2. The fourth-order valence-corrected chi connectivity index (χ4v) is 4.61. The van der Waals surface area contributed by atoms with Crippen molar-refractivity contribution < 1.29 is 38.4 Å². The van der Waals surface area contributed by atoms with Crippen molar-refractivity contribution in [1.82, 2.24) is 4.98 Å². The minimum atomic E-state index is -1.82. The molecule has 0 saturated carbocycles. The smallest absolute Gasteiger partial charge is 0.303 e. The highest BCUT2D eigenvalue weighted by molar-refractivity contribution is 8.00. The quantitative estimate of drug-likeness (QED) is 0.616. The number of hydrogen-bond donors (Lipinski definition) is 1. The normalized spacial score (nSPS) is 24.8. The van der Waals surface area contributed by atoms with Gasteiger partial charge in [-0.15, -0.1) is 11.8 Å². The number of aliphatic hydroxyl groups is 1. The fourth-order valence-electron chi connectivity index (χ4n) is 3.25. The first-order valence-electron chi connectivity index (χ1n) is 9.73. The van der Waals surface area contributed by atoms with Gasteiger partial charge in [0.1, 0.15) is 23.4 Å². The van der Waals surface area contributed by atoms with Crippen LogP contribution in [0.15, 0.2) is 48.8 Å². The molecule has 0 amide bonds. The standard InChI is InChI=1S/C22H23NO8S/c1-13(24)22(31-15(3)26)12-32-21(19(27)20(22)28-14(2)25)30-18-9-17(10-23-11-18)29-16-7-5-4-6-8-16/h4-11,19-21,27H,12H2,1-3H3/t19-,20-,21+,22+/m1/s1. The number of aromatic nitrogens is 1. The molecule has 1 fully saturated rings. The summed E-state index contributed by atoms with van der Waals surface area (Å²) in [5, 5.41) is 10.9. The average molecular weight is 461 g/mol. The SMILES string of the molecule is CC(=O)O[C@@H]1[C@@H](O)[C@@H](Oc2cncc(Oc3ccccc3)c2)SC[C@]1(OC(C)=O)C(C)=O. The maximum Gasteiger partial charge on any atom is 0.303 e. The van der Waals surface area contributed by atoms with Gasteiger partial charge in [0, 0.05) is 25.7 Å². The molecular weight excluding hydrogens is 438 g/mol. The summed E-state index contributed by atoms with van der Waals surface area (Å²) in [4.78, 5) is 39.8. The number of ether oxygens (including phenoxy) is 4. The highest BCUT2D eigenvalue weighted by atomic mass is 32.2. The van der Waals surface area contributed by atoms with Crippen LogP contribution in [0.1, 0.15) is 20.8 Å². The molecule has 170 valence electrons. The van der Waals surface area contributed by atoms with Crippen molar-refractivity contribution in [2.75, 3.05) is 5.75 Å². The molecule has 0 unspecified atom stereocenters. The molecule has 32 heavy (non-hydrogen) atoms. The van der Waals surface area contributed by atoms with Gasteiger partial charge >= 0.3 is 11.9 Å². The summed E-state index contributed by atoms with van der Waals surface area (Å²) in [6, 6.07) is 10.7. The van der Waals surface area contributed by atoms with Gasteiger partial charge in [-0.05, 0) is 19.1 Å². The van der Waals surface area contributed by atoms with Crippen molar-refractivity contribution in [2.45, 2.75) is 44.0 Å². The van der Waals surface area contributed by atoms with Crippen LogP contribution in [0.4, 0.5) is 0 Å². The minimum Gasteiger partial charge on any atom is -0.475 e. The zero-order valence-corrected chi connectivity index (χ0v) is 18.5. The lowest BCUT2D eigenvalue weighted by molar-refractivity contribution is -0.199. The molecule has 4 atom stereocenters. The summed E-state index contributed by atoms with van der Waals surface area (Å²) in [7, 11) is 0. The lowest BCUT2D eigenvalue weighted by Crippen LogP contribution is -2.65. The molecule has 0 spiro atoms. The van der Waals surface area contributed by atoms with E-state index in [0.717, 1.165) is 25.6 Å². The third-order valence-corrected chi connectivity index (χ3v) is 5.94. The van der Waals surface area contributed by atoms with Gasteiger partial charge in [0.15, 0.2) is 17.3 Å². The monoisotopic (exact) mass is 461 g/mol. The number of pyridine rings is 1. The summed E-state index contributed by atoms with van der Waals surface area (Å²) < 4.78 is 22.1. The number of Topliss-reactive ketones (excluding diaryl/α,β-unsaturated/α-hetero) is 1. The third-order valence-electron chi connectivity index (χ3n) is 4.64.